The molecule has 1 saturated heterocycles. The summed E-state index contributed by atoms with van der Waals surface area (Å²) in [6.07, 6.45) is 5.43. The minimum Gasteiger partial charge on any atom is -0.383 e. The molecule has 3 aromatic rings. The highest BCUT2D eigenvalue weighted by atomic mass is 35.5. The van der Waals surface area contributed by atoms with Gasteiger partial charge in [0.25, 0.3) is 0 Å². The Balaban J connectivity index is 1.37. The molecule has 1 aliphatic heterocycles. The molecule has 3 N–H and O–H groups in total. The first-order valence-electron chi connectivity index (χ1n) is 9.64. The predicted octanol–water partition coefficient (Wildman–Crippen LogP) is 5.54. The Hall–Kier alpha value is -2.12. The number of nitrogens with two attached hydrogens (primary N) is 1. The monoisotopic (exact) mass is 462 g/mol. The number of likely N-dealkylation sites (tertiary alicyclic amines) is 1. The van der Waals surface area contributed by atoms with E-state index in [9.17, 15) is 0 Å². The van der Waals surface area contributed by atoms with Crippen molar-refractivity contribution in [1.82, 2.24) is 19.9 Å². The first-order valence-corrected chi connectivity index (χ1v) is 10.8. The zero-order valence-electron chi connectivity index (χ0n) is 16.2. The van der Waals surface area contributed by atoms with Crippen LogP contribution in [-0.2, 0) is 6.54 Å². The smallest absolute Gasteiger partial charge is 0.229 e. The number of benzene rings is 1. The number of piperidine rings is 1. The van der Waals surface area contributed by atoms with Crippen molar-refractivity contribution < 1.29 is 0 Å². The molecule has 0 bridgehead atoms. The maximum atomic E-state index is 6.25. The van der Waals surface area contributed by atoms with Crippen LogP contribution in [0.4, 0.5) is 17.5 Å². The molecule has 9 heteroatoms. The molecule has 0 saturated carbocycles. The number of nitrogens with zero attached hydrogens (tertiary/aromatic N) is 4. The fraction of sp³-hybridized carbons (Fsp3) is 0.286. The van der Waals surface area contributed by atoms with Crippen molar-refractivity contribution in [2.24, 2.45) is 0 Å². The number of hydrogen-bond acceptors (Lipinski definition) is 6. The third-order valence-corrected chi connectivity index (χ3v) is 5.83. The molecular formula is C21H21Cl3N6. The number of pyridine rings is 1. The van der Waals surface area contributed by atoms with Crippen LogP contribution in [0.5, 0.6) is 0 Å². The molecule has 2 aromatic heterocycles. The van der Waals surface area contributed by atoms with E-state index in [4.69, 9.17) is 40.5 Å². The maximum Gasteiger partial charge on any atom is 0.229 e. The molecule has 0 radical (unpaired) electrons. The third-order valence-electron chi connectivity index (χ3n) is 5.19. The number of aromatic nitrogens is 3. The molecule has 30 heavy (non-hydrogen) atoms. The topological polar surface area (TPSA) is 80.0 Å². The summed E-state index contributed by atoms with van der Waals surface area (Å²) < 4.78 is 0. The Bertz CT molecular complexity index is 1020. The van der Waals surface area contributed by atoms with Crippen LogP contribution in [0.1, 0.15) is 29.9 Å². The van der Waals surface area contributed by atoms with Gasteiger partial charge in [-0.2, -0.15) is 4.98 Å². The number of rotatable bonds is 5. The molecule has 1 fully saturated rings. The number of nitrogens with one attached hydrogen (secondary N) is 1. The van der Waals surface area contributed by atoms with Crippen molar-refractivity contribution in [2.75, 3.05) is 24.1 Å². The summed E-state index contributed by atoms with van der Waals surface area (Å²) in [6, 6.07) is 9.18. The first-order chi connectivity index (χ1) is 14.5. The average molecular weight is 464 g/mol. The normalized spacial score (nSPS) is 15.3. The van der Waals surface area contributed by atoms with Crippen LogP contribution in [0.25, 0.3) is 0 Å². The lowest BCUT2D eigenvalue weighted by atomic mass is 9.90. The van der Waals surface area contributed by atoms with Gasteiger partial charge >= 0.3 is 0 Å². The lowest BCUT2D eigenvalue weighted by Crippen LogP contribution is -2.32. The highest BCUT2D eigenvalue weighted by Gasteiger charge is 2.23. The maximum absolute atomic E-state index is 6.25. The molecule has 1 aliphatic rings. The quantitative estimate of drug-likeness (QED) is 0.484. The first kappa shape index (κ1) is 21.1. The molecule has 3 heterocycles. The van der Waals surface area contributed by atoms with Crippen molar-refractivity contribution in [3.8, 4) is 0 Å². The van der Waals surface area contributed by atoms with Gasteiger partial charge in [-0.3, -0.25) is 4.90 Å². The summed E-state index contributed by atoms with van der Waals surface area (Å²) in [5.41, 5.74) is 9.14. The van der Waals surface area contributed by atoms with Crippen LogP contribution in [0.15, 0.2) is 42.7 Å². The third kappa shape index (κ3) is 5.32. The second-order valence-electron chi connectivity index (χ2n) is 7.35. The number of nitrogen functional groups attached to an aromatic ring is 1. The van der Waals surface area contributed by atoms with E-state index >= 15 is 0 Å². The standard InChI is InChI=1S/C21H21Cl3N6/c22-15-7-13(8-16(23)9-15)12-30-5-2-14(3-6-30)18-11-27-21(29-20(18)25)28-17-1-4-26-19(24)10-17/h1,4,7-11,14H,2-3,5-6,12H2,(H3,25,26,27,28,29). The summed E-state index contributed by atoms with van der Waals surface area (Å²) in [6.45, 7) is 2.75. The summed E-state index contributed by atoms with van der Waals surface area (Å²) in [5.74, 6) is 1.29. The molecule has 156 valence electrons. The number of halogens is 3. The molecule has 4 rings (SSSR count). The van der Waals surface area contributed by atoms with Gasteiger partial charge in [0.05, 0.1) is 0 Å². The van der Waals surface area contributed by atoms with E-state index in [0.717, 1.165) is 49.3 Å². The van der Waals surface area contributed by atoms with Gasteiger partial charge in [0.1, 0.15) is 11.0 Å². The van der Waals surface area contributed by atoms with E-state index in [0.29, 0.717) is 32.9 Å². The van der Waals surface area contributed by atoms with Gasteiger partial charge in [-0.25, -0.2) is 9.97 Å². The SMILES string of the molecule is Nc1nc(Nc2ccnc(Cl)c2)ncc1C1CCN(Cc2cc(Cl)cc(Cl)c2)CC1. The van der Waals surface area contributed by atoms with Crippen LogP contribution in [0.3, 0.4) is 0 Å². The Labute approximate surface area is 190 Å². The highest BCUT2D eigenvalue weighted by Crippen LogP contribution is 2.32. The summed E-state index contributed by atoms with van der Waals surface area (Å²) in [4.78, 5) is 15.2. The van der Waals surface area contributed by atoms with Gasteiger partial charge < -0.3 is 11.1 Å². The lowest BCUT2D eigenvalue weighted by molar-refractivity contribution is 0.204. The minimum atomic E-state index is 0.341. The van der Waals surface area contributed by atoms with Crippen LogP contribution in [-0.4, -0.2) is 32.9 Å². The molecule has 0 unspecified atom stereocenters. The van der Waals surface area contributed by atoms with Crippen LogP contribution >= 0.6 is 34.8 Å². The van der Waals surface area contributed by atoms with Crippen LogP contribution in [0.2, 0.25) is 15.2 Å². The average Bonchev–Trinajstić information content (AvgIpc) is 2.68. The summed E-state index contributed by atoms with van der Waals surface area (Å²) >= 11 is 18.1. The van der Waals surface area contributed by atoms with Crippen molar-refractivity contribution in [1.29, 1.82) is 0 Å². The number of hydrogen-bond donors (Lipinski definition) is 2. The molecule has 6 nitrogen and oxygen atoms in total. The van der Waals surface area contributed by atoms with Gasteiger partial charge in [-0.1, -0.05) is 34.8 Å². The molecule has 0 aliphatic carbocycles. The van der Waals surface area contributed by atoms with E-state index in [1.54, 1.807) is 24.4 Å². The molecule has 0 atom stereocenters. The zero-order valence-corrected chi connectivity index (χ0v) is 18.4. The molecule has 1 aromatic carbocycles. The van der Waals surface area contributed by atoms with Crippen molar-refractivity contribution in [2.45, 2.75) is 25.3 Å². The van der Waals surface area contributed by atoms with Crippen LogP contribution < -0.4 is 11.1 Å². The van der Waals surface area contributed by atoms with Crippen molar-refractivity contribution in [3.05, 3.63) is 69.1 Å². The second kappa shape index (κ2) is 9.35. The molecular weight excluding hydrogens is 443 g/mol. The Morgan fingerprint density at radius 1 is 1.03 bits per heavy atom. The molecule has 0 spiro atoms. The van der Waals surface area contributed by atoms with E-state index in [1.807, 2.05) is 18.3 Å². The largest absolute Gasteiger partial charge is 0.383 e. The van der Waals surface area contributed by atoms with Crippen molar-refractivity contribution >= 4 is 52.3 Å². The zero-order chi connectivity index (χ0) is 21.1. The fourth-order valence-electron chi connectivity index (χ4n) is 3.75. The van der Waals surface area contributed by atoms with Gasteiger partial charge in [-0.05, 0) is 67.7 Å². The van der Waals surface area contributed by atoms with E-state index in [2.05, 4.69) is 25.2 Å². The van der Waals surface area contributed by atoms with E-state index in [1.165, 1.54) is 0 Å². The van der Waals surface area contributed by atoms with Gasteiger partial charge in [0.15, 0.2) is 0 Å². The second-order valence-corrected chi connectivity index (χ2v) is 8.61. The Morgan fingerprint density at radius 2 is 1.77 bits per heavy atom. The summed E-state index contributed by atoms with van der Waals surface area (Å²) in [7, 11) is 0. The predicted molar refractivity (Wildman–Crippen MR) is 123 cm³/mol. The van der Waals surface area contributed by atoms with Crippen LogP contribution in [0, 0.1) is 0 Å². The Morgan fingerprint density at radius 3 is 2.43 bits per heavy atom. The Kier molecular flexibility index (Phi) is 6.58. The van der Waals surface area contributed by atoms with E-state index < -0.39 is 0 Å². The minimum absolute atomic E-state index is 0.341. The van der Waals surface area contributed by atoms with Gasteiger partial charge in [0.2, 0.25) is 5.95 Å². The van der Waals surface area contributed by atoms with E-state index in [-0.39, 0.29) is 0 Å². The van der Waals surface area contributed by atoms with Crippen molar-refractivity contribution in [3.63, 3.8) is 0 Å². The summed E-state index contributed by atoms with van der Waals surface area (Å²) in [5, 5.41) is 4.84. The lowest BCUT2D eigenvalue weighted by Gasteiger charge is -2.32. The molecule has 0 amide bonds. The fourth-order valence-corrected chi connectivity index (χ4v) is 4.50. The van der Waals surface area contributed by atoms with Gasteiger partial charge in [-0.15, -0.1) is 0 Å². The highest BCUT2D eigenvalue weighted by molar-refractivity contribution is 6.34. The number of anilines is 3. The van der Waals surface area contributed by atoms with Gasteiger partial charge in [0, 0.05) is 40.2 Å².